The molecule has 0 spiro atoms. The number of aromatic nitrogens is 1. The second-order valence-corrected chi connectivity index (χ2v) is 5.87. The van der Waals surface area contributed by atoms with E-state index in [0.29, 0.717) is 5.92 Å². The lowest BCUT2D eigenvalue weighted by atomic mass is 9.97. The fourth-order valence-electron chi connectivity index (χ4n) is 2.00. The third-order valence-electron chi connectivity index (χ3n) is 3.31. The standard InChI is InChI=1S/C13H18O2.C6H7N/c1-9(2)8-11-4-6-12(7-5-11)10(3)13(14)15;1-6-4-2-3-5-7-6/h4-7,9-10H,8H2,1-3H3,(H,14,15);2-5H,1H3/t10-;/m1./s1. The van der Waals surface area contributed by atoms with Crippen molar-refractivity contribution in [3.8, 4) is 0 Å². The average Bonchev–Trinajstić information content (AvgIpc) is 2.48. The van der Waals surface area contributed by atoms with Crippen LogP contribution in [-0.2, 0) is 11.2 Å². The summed E-state index contributed by atoms with van der Waals surface area (Å²) in [5.41, 5.74) is 3.21. The topological polar surface area (TPSA) is 50.2 Å². The second-order valence-electron chi connectivity index (χ2n) is 5.87. The fourth-order valence-corrected chi connectivity index (χ4v) is 2.00. The summed E-state index contributed by atoms with van der Waals surface area (Å²) in [4.78, 5) is 14.7. The number of hydrogen-bond acceptors (Lipinski definition) is 2. The summed E-state index contributed by atoms with van der Waals surface area (Å²) in [7, 11) is 0. The van der Waals surface area contributed by atoms with Crippen LogP contribution in [0.1, 0.15) is 43.5 Å². The first-order chi connectivity index (χ1) is 10.4. The molecule has 1 atom stereocenters. The molecule has 118 valence electrons. The van der Waals surface area contributed by atoms with Crippen LogP contribution in [-0.4, -0.2) is 16.1 Å². The highest BCUT2D eigenvalue weighted by molar-refractivity contribution is 5.75. The van der Waals surface area contributed by atoms with Crippen LogP contribution in [0.5, 0.6) is 0 Å². The zero-order chi connectivity index (χ0) is 16.5. The van der Waals surface area contributed by atoms with Crippen molar-refractivity contribution >= 4 is 5.97 Å². The Labute approximate surface area is 133 Å². The van der Waals surface area contributed by atoms with E-state index in [1.165, 1.54) is 5.56 Å². The van der Waals surface area contributed by atoms with Crippen LogP contribution in [0.15, 0.2) is 48.7 Å². The minimum absolute atomic E-state index is 0.418. The van der Waals surface area contributed by atoms with Crippen molar-refractivity contribution in [2.24, 2.45) is 5.92 Å². The number of carboxylic acid groups (broad SMARTS) is 1. The largest absolute Gasteiger partial charge is 0.481 e. The summed E-state index contributed by atoms with van der Waals surface area (Å²) in [5.74, 6) is -0.558. The van der Waals surface area contributed by atoms with E-state index in [-0.39, 0.29) is 0 Å². The molecule has 0 amide bonds. The Balaban J connectivity index is 0.000000287. The highest BCUT2D eigenvalue weighted by atomic mass is 16.4. The van der Waals surface area contributed by atoms with Gasteiger partial charge in [0.05, 0.1) is 5.92 Å². The van der Waals surface area contributed by atoms with E-state index < -0.39 is 11.9 Å². The van der Waals surface area contributed by atoms with Gasteiger partial charge in [0.1, 0.15) is 0 Å². The van der Waals surface area contributed by atoms with Crippen LogP contribution in [0.4, 0.5) is 0 Å². The quantitative estimate of drug-likeness (QED) is 0.906. The Kier molecular flexibility index (Phi) is 7.30. The van der Waals surface area contributed by atoms with Crippen LogP contribution in [0, 0.1) is 12.8 Å². The maximum Gasteiger partial charge on any atom is 0.310 e. The molecule has 0 saturated carbocycles. The molecule has 2 aromatic rings. The van der Waals surface area contributed by atoms with Crippen molar-refractivity contribution in [3.63, 3.8) is 0 Å². The number of nitrogens with zero attached hydrogens (tertiary/aromatic N) is 1. The van der Waals surface area contributed by atoms with E-state index in [1.54, 1.807) is 13.1 Å². The number of carbonyl (C=O) groups is 1. The van der Waals surface area contributed by atoms with Crippen molar-refractivity contribution in [2.75, 3.05) is 0 Å². The number of pyridine rings is 1. The van der Waals surface area contributed by atoms with Gasteiger partial charge in [-0.2, -0.15) is 0 Å². The summed E-state index contributed by atoms with van der Waals surface area (Å²) in [6.07, 6.45) is 2.83. The molecule has 3 nitrogen and oxygen atoms in total. The van der Waals surface area contributed by atoms with Gasteiger partial charge in [-0.1, -0.05) is 44.2 Å². The minimum atomic E-state index is -0.772. The van der Waals surface area contributed by atoms with Crippen molar-refractivity contribution in [3.05, 3.63) is 65.5 Å². The third kappa shape index (κ3) is 6.53. The molecule has 0 radical (unpaired) electrons. The van der Waals surface area contributed by atoms with Gasteiger partial charge in [0.2, 0.25) is 0 Å². The van der Waals surface area contributed by atoms with Crippen molar-refractivity contribution in [2.45, 2.75) is 40.0 Å². The summed E-state index contributed by atoms with van der Waals surface area (Å²) >= 11 is 0. The molecule has 0 aliphatic rings. The molecule has 1 aromatic carbocycles. The molecule has 2 rings (SSSR count). The summed E-state index contributed by atoms with van der Waals surface area (Å²) in [6.45, 7) is 8.03. The third-order valence-corrected chi connectivity index (χ3v) is 3.31. The van der Waals surface area contributed by atoms with Gasteiger partial charge in [-0.15, -0.1) is 0 Å². The lowest BCUT2D eigenvalue weighted by Crippen LogP contribution is -2.07. The Morgan fingerprint density at radius 2 is 1.73 bits per heavy atom. The molecular formula is C19H25NO2. The van der Waals surface area contributed by atoms with Gasteiger partial charge in [-0.3, -0.25) is 9.78 Å². The second kappa shape index (κ2) is 8.98. The number of aliphatic carboxylic acids is 1. The SMILES string of the molecule is CC(C)Cc1ccc([C@@H](C)C(=O)O)cc1.Cc1ccccn1. The van der Waals surface area contributed by atoms with E-state index in [2.05, 4.69) is 18.8 Å². The molecular weight excluding hydrogens is 274 g/mol. The molecule has 1 N–H and O–H groups in total. The fraction of sp³-hybridized carbons (Fsp3) is 0.368. The first kappa shape index (κ1) is 17.9. The molecule has 1 heterocycles. The lowest BCUT2D eigenvalue weighted by Gasteiger charge is -2.09. The van der Waals surface area contributed by atoms with E-state index in [0.717, 1.165) is 17.7 Å². The van der Waals surface area contributed by atoms with Gasteiger partial charge in [0.15, 0.2) is 0 Å². The van der Waals surface area contributed by atoms with Gasteiger partial charge in [-0.05, 0) is 49.4 Å². The Morgan fingerprint density at radius 3 is 2.09 bits per heavy atom. The van der Waals surface area contributed by atoms with Crippen LogP contribution in [0.2, 0.25) is 0 Å². The highest BCUT2D eigenvalue weighted by Gasteiger charge is 2.12. The number of hydrogen-bond donors (Lipinski definition) is 1. The zero-order valence-electron chi connectivity index (χ0n) is 13.8. The molecule has 0 fully saturated rings. The molecule has 0 saturated heterocycles. The number of aryl methyl sites for hydroxylation is 1. The van der Waals surface area contributed by atoms with Crippen molar-refractivity contribution in [1.82, 2.24) is 4.98 Å². The van der Waals surface area contributed by atoms with Crippen molar-refractivity contribution in [1.29, 1.82) is 0 Å². The molecule has 1 aromatic heterocycles. The van der Waals surface area contributed by atoms with Gasteiger partial charge in [-0.25, -0.2) is 0 Å². The Morgan fingerprint density at radius 1 is 1.09 bits per heavy atom. The first-order valence-electron chi connectivity index (χ1n) is 7.59. The van der Waals surface area contributed by atoms with Crippen LogP contribution in [0.25, 0.3) is 0 Å². The Bertz CT molecular complexity index is 562. The molecule has 0 bridgehead atoms. The summed E-state index contributed by atoms with van der Waals surface area (Å²) < 4.78 is 0. The maximum absolute atomic E-state index is 10.8. The smallest absolute Gasteiger partial charge is 0.310 e. The van der Waals surface area contributed by atoms with Crippen LogP contribution >= 0.6 is 0 Å². The van der Waals surface area contributed by atoms with E-state index in [9.17, 15) is 4.79 Å². The molecule has 0 unspecified atom stereocenters. The predicted molar refractivity (Wildman–Crippen MR) is 90.0 cm³/mol. The monoisotopic (exact) mass is 299 g/mol. The van der Waals surface area contributed by atoms with E-state index in [1.807, 2.05) is 49.4 Å². The van der Waals surface area contributed by atoms with Gasteiger partial charge in [0, 0.05) is 11.9 Å². The molecule has 3 heteroatoms. The summed E-state index contributed by atoms with van der Waals surface area (Å²) in [5, 5.41) is 8.85. The lowest BCUT2D eigenvalue weighted by molar-refractivity contribution is -0.138. The number of benzene rings is 1. The molecule has 0 aliphatic heterocycles. The normalized spacial score (nSPS) is 11.5. The minimum Gasteiger partial charge on any atom is -0.481 e. The Hall–Kier alpha value is -2.16. The molecule has 22 heavy (non-hydrogen) atoms. The molecule has 0 aliphatic carbocycles. The predicted octanol–water partition coefficient (Wildman–Crippen LogP) is 4.46. The summed E-state index contributed by atoms with van der Waals surface area (Å²) in [6, 6.07) is 13.7. The number of rotatable bonds is 4. The van der Waals surface area contributed by atoms with Gasteiger partial charge in [0.25, 0.3) is 0 Å². The number of carboxylic acids is 1. The van der Waals surface area contributed by atoms with Crippen LogP contribution < -0.4 is 0 Å². The first-order valence-corrected chi connectivity index (χ1v) is 7.59. The maximum atomic E-state index is 10.8. The van der Waals surface area contributed by atoms with E-state index in [4.69, 9.17) is 5.11 Å². The van der Waals surface area contributed by atoms with Gasteiger partial charge >= 0.3 is 5.97 Å². The van der Waals surface area contributed by atoms with Crippen molar-refractivity contribution < 1.29 is 9.90 Å². The van der Waals surface area contributed by atoms with Crippen LogP contribution in [0.3, 0.4) is 0 Å². The van der Waals surface area contributed by atoms with E-state index >= 15 is 0 Å². The average molecular weight is 299 g/mol. The zero-order valence-corrected chi connectivity index (χ0v) is 13.8. The van der Waals surface area contributed by atoms with Gasteiger partial charge < -0.3 is 5.11 Å². The highest BCUT2D eigenvalue weighted by Crippen LogP contribution is 2.17.